The summed E-state index contributed by atoms with van der Waals surface area (Å²) in [5.74, 6) is 4.10. The number of halogens is 4. The number of benzene rings is 2. The van der Waals surface area contributed by atoms with E-state index in [1.807, 2.05) is 0 Å². The van der Waals surface area contributed by atoms with Crippen LogP contribution in [0, 0.1) is 11.6 Å². The molecule has 2 aromatic carbocycles. The van der Waals surface area contributed by atoms with Crippen LogP contribution in [0.3, 0.4) is 0 Å². The van der Waals surface area contributed by atoms with Gasteiger partial charge in [-0.2, -0.15) is 0 Å². The largest absolute Gasteiger partial charge is 0.335 e. The predicted molar refractivity (Wildman–Crippen MR) is 104 cm³/mol. The second-order valence-electron chi connectivity index (χ2n) is 5.27. The third-order valence-electron chi connectivity index (χ3n) is 3.35. The number of rotatable bonds is 5. The van der Waals surface area contributed by atoms with Crippen molar-refractivity contribution in [1.82, 2.24) is 14.9 Å². The molecule has 0 aliphatic heterocycles. The monoisotopic (exact) mass is 473 g/mol. The van der Waals surface area contributed by atoms with Crippen LogP contribution in [0.4, 0.5) is 14.5 Å². The predicted octanol–water partition coefficient (Wildman–Crippen LogP) is 4.08. The normalized spacial score (nSPS) is 10.8. The highest BCUT2D eigenvalue weighted by molar-refractivity contribution is 9.10. The number of aromatic nitrogens is 3. The van der Waals surface area contributed by atoms with E-state index in [1.54, 1.807) is 24.3 Å². The molecule has 0 aliphatic rings. The van der Waals surface area contributed by atoms with Crippen LogP contribution in [-0.2, 0) is 4.79 Å². The van der Waals surface area contributed by atoms with Crippen LogP contribution in [0.25, 0.3) is 11.4 Å². The Balaban J connectivity index is 1.68. The van der Waals surface area contributed by atoms with Crippen molar-refractivity contribution in [3.8, 4) is 11.4 Å². The van der Waals surface area contributed by atoms with Crippen LogP contribution in [0.5, 0.6) is 0 Å². The third kappa shape index (κ3) is 4.57. The summed E-state index contributed by atoms with van der Waals surface area (Å²) in [5.41, 5.74) is 0.530. The minimum Gasteiger partial charge on any atom is -0.335 e. The Labute approximate surface area is 170 Å². The molecule has 1 heterocycles. The number of amides is 1. The smallest absolute Gasteiger partial charge is 0.234 e. The van der Waals surface area contributed by atoms with Gasteiger partial charge in [-0.25, -0.2) is 13.5 Å². The van der Waals surface area contributed by atoms with E-state index in [4.69, 9.17) is 17.4 Å². The van der Waals surface area contributed by atoms with E-state index in [2.05, 4.69) is 31.4 Å². The molecule has 0 bridgehead atoms. The Bertz CT molecular complexity index is 993. The van der Waals surface area contributed by atoms with Gasteiger partial charge in [-0.15, -0.1) is 10.2 Å². The molecule has 1 amide bonds. The average molecular weight is 475 g/mol. The van der Waals surface area contributed by atoms with E-state index >= 15 is 0 Å². The molecule has 140 valence electrons. The molecule has 0 radical (unpaired) electrons. The first-order valence-electron chi connectivity index (χ1n) is 7.39. The fraction of sp³-hybridized carbons (Fsp3) is 0.0625. The zero-order valence-corrected chi connectivity index (χ0v) is 16.6. The van der Waals surface area contributed by atoms with Gasteiger partial charge in [0.15, 0.2) is 11.6 Å². The molecule has 0 saturated carbocycles. The molecule has 11 heteroatoms. The molecule has 3 aromatic rings. The van der Waals surface area contributed by atoms with Crippen LogP contribution in [0.1, 0.15) is 0 Å². The number of nitrogens with one attached hydrogen (secondary N) is 1. The summed E-state index contributed by atoms with van der Waals surface area (Å²) in [5, 5.41) is 11.1. The van der Waals surface area contributed by atoms with Gasteiger partial charge in [0.2, 0.25) is 11.1 Å². The third-order valence-corrected chi connectivity index (χ3v) is 5.15. The molecule has 0 spiro atoms. The standard InChI is InChI=1S/C16H11BrClF2N5OS/c17-11-5-10(19)6-12(20)14(11)22-13(26)7-27-16-24-23-15(25(16)21)8-2-1-3-9(18)4-8/h1-6H,7,21H2,(H,22,26). The van der Waals surface area contributed by atoms with Crippen molar-refractivity contribution in [2.24, 2.45) is 0 Å². The summed E-state index contributed by atoms with van der Waals surface area (Å²) in [7, 11) is 0. The van der Waals surface area contributed by atoms with E-state index in [0.29, 0.717) is 27.6 Å². The molecular formula is C16H11BrClF2N5OS. The van der Waals surface area contributed by atoms with Gasteiger partial charge in [-0.1, -0.05) is 35.5 Å². The molecule has 0 aliphatic carbocycles. The fourth-order valence-electron chi connectivity index (χ4n) is 2.17. The first-order chi connectivity index (χ1) is 12.8. The van der Waals surface area contributed by atoms with Gasteiger partial charge in [0.05, 0.1) is 11.4 Å². The van der Waals surface area contributed by atoms with Crippen LogP contribution in [0.15, 0.2) is 46.0 Å². The highest BCUT2D eigenvalue weighted by Crippen LogP contribution is 2.28. The number of hydrogen-bond acceptors (Lipinski definition) is 5. The van der Waals surface area contributed by atoms with E-state index < -0.39 is 17.5 Å². The first kappa shape index (κ1) is 19.6. The lowest BCUT2D eigenvalue weighted by Gasteiger charge is -2.08. The van der Waals surface area contributed by atoms with Gasteiger partial charge in [0.1, 0.15) is 5.82 Å². The highest BCUT2D eigenvalue weighted by Gasteiger charge is 2.16. The van der Waals surface area contributed by atoms with E-state index in [-0.39, 0.29) is 15.9 Å². The number of nitrogens with two attached hydrogens (primary N) is 1. The highest BCUT2D eigenvalue weighted by atomic mass is 79.9. The molecule has 3 N–H and O–H groups in total. The Morgan fingerprint density at radius 2 is 2.07 bits per heavy atom. The molecule has 1 aromatic heterocycles. The second kappa shape index (κ2) is 8.24. The lowest BCUT2D eigenvalue weighted by Crippen LogP contribution is -2.17. The van der Waals surface area contributed by atoms with Crippen LogP contribution < -0.4 is 11.2 Å². The quantitative estimate of drug-likeness (QED) is 0.430. The number of carbonyl (C=O) groups is 1. The van der Waals surface area contributed by atoms with Gasteiger partial charge in [-0.3, -0.25) is 4.79 Å². The molecule has 27 heavy (non-hydrogen) atoms. The summed E-state index contributed by atoms with van der Waals surface area (Å²) in [6, 6.07) is 8.66. The van der Waals surface area contributed by atoms with Gasteiger partial charge >= 0.3 is 0 Å². The molecule has 6 nitrogen and oxygen atoms in total. The summed E-state index contributed by atoms with van der Waals surface area (Å²) < 4.78 is 28.2. The molecule has 0 fully saturated rings. The Hall–Kier alpha value is -2.17. The van der Waals surface area contributed by atoms with Crippen LogP contribution >= 0.6 is 39.3 Å². The minimum atomic E-state index is -0.884. The van der Waals surface area contributed by atoms with Crippen molar-refractivity contribution in [2.45, 2.75) is 5.16 Å². The second-order valence-corrected chi connectivity index (χ2v) is 7.50. The Kier molecular flexibility index (Phi) is 5.98. The molecule has 0 unspecified atom stereocenters. The van der Waals surface area contributed by atoms with Crippen molar-refractivity contribution in [3.05, 3.63) is 57.5 Å². The lowest BCUT2D eigenvalue weighted by atomic mass is 10.2. The number of hydrogen-bond donors (Lipinski definition) is 2. The summed E-state index contributed by atoms with van der Waals surface area (Å²) in [6.07, 6.45) is 0. The summed E-state index contributed by atoms with van der Waals surface area (Å²) >= 11 is 9.98. The lowest BCUT2D eigenvalue weighted by molar-refractivity contribution is -0.113. The average Bonchev–Trinajstić information content (AvgIpc) is 2.97. The van der Waals surface area contributed by atoms with E-state index in [1.165, 1.54) is 4.68 Å². The van der Waals surface area contributed by atoms with Crippen LogP contribution in [0.2, 0.25) is 5.02 Å². The zero-order chi connectivity index (χ0) is 19.6. The number of thioether (sulfide) groups is 1. The number of anilines is 1. The minimum absolute atomic E-state index is 0.101. The summed E-state index contributed by atoms with van der Waals surface area (Å²) in [6.45, 7) is 0. The Morgan fingerprint density at radius 3 is 2.78 bits per heavy atom. The molecular weight excluding hydrogens is 464 g/mol. The van der Waals surface area contributed by atoms with Crippen molar-refractivity contribution < 1.29 is 13.6 Å². The molecule has 0 saturated heterocycles. The van der Waals surface area contributed by atoms with Crippen LogP contribution in [-0.4, -0.2) is 26.5 Å². The van der Waals surface area contributed by atoms with Gasteiger partial charge in [0, 0.05) is 21.1 Å². The first-order valence-corrected chi connectivity index (χ1v) is 9.54. The van der Waals surface area contributed by atoms with Gasteiger partial charge in [0.25, 0.3) is 0 Å². The zero-order valence-electron chi connectivity index (χ0n) is 13.4. The Morgan fingerprint density at radius 1 is 1.30 bits per heavy atom. The van der Waals surface area contributed by atoms with E-state index in [0.717, 1.165) is 17.8 Å². The van der Waals surface area contributed by atoms with Crippen molar-refractivity contribution in [1.29, 1.82) is 0 Å². The molecule has 0 atom stereocenters. The van der Waals surface area contributed by atoms with Gasteiger partial charge in [-0.05, 0) is 34.1 Å². The fourth-order valence-corrected chi connectivity index (χ4v) is 3.52. The van der Waals surface area contributed by atoms with E-state index in [9.17, 15) is 13.6 Å². The van der Waals surface area contributed by atoms with Crippen molar-refractivity contribution in [3.63, 3.8) is 0 Å². The SMILES string of the molecule is Nn1c(SCC(=O)Nc2c(F)cc(F)cc2Br)nnc1-c1cccc(Cl)c1. The number of carbonyl (C=O) groups excluding carboxylic acids is 1. The van der Waals surface area contributed by atoms with Crippen molar-refractivity contribution >= 4 is 50.9 Å². The molecule has 3 rings (SSSR count). The maximum atomic E-state index is 13.8. The topological polar surface area (TPSA) is 85.8 Å². The number of nitrogens with zero attached hydrogens (tertiary/aromatic N) is 3. The van der Waals surface area contributed by atoms with Gasteiger partial charge < -0.3 is 11.2 Å². The maximum Gasteiger partial charge on any atom is 0.234 e. The summed E-state index contributed by atoms with van der Waals surface area (Å²) in [4.78, 5) is 12.1. The number of nitrogen functional groups attached to an aromatic ring is 1. The van der Waals surface area contributed by atoms with Crippen molar-refractivity contribution in [2.75, 3.05) is 16.9 Å². The maximum absolute atomic E-state index is 13.8.